The first-order valence-electron chi connectivity index (χ1n) is 7.95. The molecule has 1 aliphatic carbocycles. The van der Waals surface area contributed by atoms with Crippen LogP contribution in [0.3, 0.4) is 0 Å². The maximum Gasteiger partial charge on any atom is 0.192 e. The fourth-order valence-electron chi connectivity index (χ4n) is 2.88. The third-order valence-electron chi connectivity index (χ3n) is 5.27. The third kappa shape index (κ3) is 3.58. The Labute approximate surface area is 129 Å². The van der Waals surface area contributed by atoms with Gasteiger partial charge in [-0.15, -0.1) is 0 Å². The van der Waals surface area contributed by atoms with Gasteiger partial charge < -0.3 is 9.53 Å². The summed E-state index contributed by atoms with van der Waals surface area (Å²) in [6, 6.07) is 2.02. The van der Waals surface area contributed by atoms with Crippen molar-refractivity contribution < 1.29 is 9.53 Å². The van der Waals surface area contributed by atoms with Crippen molar-refractivity contribution in [2.75, 3.05) is 0 Å². The summed E-state index contributed by atoms with van der Waals surface area (Å²) >= 11 is 0. The van der Waals surface area contributed by atoms with E-state index in [9.17, 15) is 5.11 Å². The van der Waals surface area contributed by atoms with Gasteiger partial charge in [-0.3, -0.25) is 4.68 Å². The van der Waals surface area contributed by atoms with Crippen LogP contribution in [-0.2, 0) is 11.5 Å². The van der Waals surface area contributed by atoms with Crippen LogP contribution in [0.2, 0.25) is 18.1 Å². The van der Waals surface area contributed by atoms with Gasteiger partial charge in [0.25, 0.3) is 0 Å². The molecule has 4 nitrogen and oxygen atoms in total. The molecule has 21 heavy (non-hydrogen) atoms. The number of aromatic nitrogens is 2. The van der Waals surface area contributed by atoms with Gasteiger partial charge in [0.05, 0.1) is 6.10 Å². The third-order valence-corrected chi connectivity index (χ3v) is 9.81. The summed E-state index contributed by atoms with van der Waals surface area (Å²) in [6.07, 6.45) is 4.46. The number of nitrogens with zero attached hydrogens (tertiary/aromatic N) is 2. The zero-order valence-corrected chi connectivity index (χ0v) is 15.3. The SMILES string of the molecule is Cn1nccc1C1C[C@H](O[Si](C)(C)C(C)(C)C)CCC1O. The monoisotopic (exact) mass is 310 g/mol. The number of hydrogen-bond acceptors (Lipinski definition) is 3. The summed E-state index contributed by atoms with van der Waals surface area (Å²) in [5.41, 5.74) is 1.12. The Morgan fingerprint density at radius 2 is 2.00 bits per heavy atom. The van der Waals surface area contributed by atoms with Crippen LogP contribution < -0.4 is 0 Å². The smallest absolute Gasteiger partial charge is 0.192 e. The van der Waals surface area contributed by atoms with E-state index in [1.807, 2.05) is 17.8 Å². The van der Waals surface area contributed by atoms with Crippen molar-refractivity contribution in [3.8, 4) is 0 Å². The average Bonchev–Trinajstić information content (AvgIpc) is 2.76. The normalized spacial score (nSPS) is 27.9. The van der Waals surface area contributed by atoms with Crippen molar-refractivity contribution in [2.24, 2.45) is 7.05 Å². The van der Waals surface area contributed by atoms with E-state index < -0.39 is 8.32 Å². The molecule has 1 aromatic rings. The fourth-order valence-corrected chi connectivity index (χ4v) is 4.28. The van der Waals surface area contributed by atoms with Crippen LogP contribution in [0.15, 0.2) is 12.3 Å². The highest BCUT2D eigenvalue weighted by Crippen LogP contribution is 2.41. The van der Waals surface area contributed by atoms with E-state index in [4.69, 9.17) is 4.43 Å². The second-order valence-corrected chi connectivity index (χ2v) is 12.6. The number of aliphatic hydroxyl groups is 1. The lowest BCUT2D eigenvalue weighted by molar-refractivity contribution is 0.0385. The molecular weight excluding hydrogens is 280 g/mol. The maximum absolute atomic E-state index is 10.4. The molecular formula is C16H30N2O2Si. The summed E-state index contributed by atoms with van der Waals surface area (Å²) in [6.45, 7) is 11.4. The Balaban J connectivity index is 2.10. The predicted molar refractivity (Wildman–Crippen MR) is 87.9 cm³/mol. The predicted octanol–water partition coefficient (Wildman–Crippen LogP) is 3.44. The molecule has 120 valence electrons. The highest BCUT2D eigenvalue weighted by atomic mass is 28.4. The summed E-state index contributed by atoms with van der Waals surface area (Å²) in [5.74, 6) is 0.140. The minimum atomic E-state index is -1.75. The second kappa shape index (κ2) is 5.86. The van der Waals surface area contributed by atoms with E-state index in [-0.39, 0.29) is 23.2 Å². The van der Waals surface area contributed by atoms with Crippen LogP contribution in [0.25, 0.3) is 0 Å². The standard InChI is InChI=1S/C16H30N2O2Si/c1-16(2,3)21(5,6)20-12-7-8-15(19)13(11-12)14-9-10-17-18(14)4/h9-10,12-13,15,19H,7-8,11H2,1-6H3/t12-,13?,15?/m1/s1. The lowest BCUT2D eigenvalue weighted by atomic mass is 9.82. The highest BCUT2D eigenvalue weighted by molar-refractivity contribution is 6.74. The van der Waals surface area contributed by atoms with Gasteiger partial charge in [-0.05, 0) is 43.5 Å². The number of rotatable bonds is 3. The molecule has 3 atom stereocenters. The van der Waals surface area contributed by atoms with Crippen molar-refractivity contribution in [1.29, 1.82) is 0 Å². The molecule has 0 radical (unpaired) electrons. The molecule has 0 aliphatic heterocycles. The van der Waals surface area contributed by atoms with Gasteiger partial charge >= 0.3 is 0 Å². The second-order valence-electron chi connectivity index (χ2n) is 7.87. The molecule has 5 heteroatoms. The zero-order valence-electron chi connectivity index (χ0n) is 14.3. The lowest BCUT2D eigenvalue weighted by Crippen LogP contribution is -2.46. The van der Waals surface area contributed by atoms with E-state index >= 15 is 0 Å². The number of hydrogen-bond donors (Lipinski definition) is 1. The van der Waals surface area contributed by atoms with E-state index in [2.05, 4.69) is 39.0 Å². The summed E-state index contributed by atoms with van der Waals surface area (Å²) in [5, 5.41) is 14.8. The van der Waals surface area contributed by atoms with Crippen molar-refractivity contribution in [3.63, 3.8) is 0 Å². The van der Waals surface area contributed by atoms with E-state index in [0.717, 1.165) is 25.0 Å². The quantitative estimate of drug-likeness (QED) is 0.870. The maximum atomic E-state index is 10.4. The van der Waals surface area contributed by atoms with Crippen LogP contribution >= 0.6 is 0 Å². The van der Waals surface area contributed by atoms with Gasteiger partial charge in [0.15, 0.2) is 8.32 Å². The Hall–Kier alpha value is -0.653. The molecule has 2 rings (SSSR count). The Bertz CT molecular complexity index is 479. The lowest BCUT2D eigenvalue weighted by Gasteiger charge is -2.42. The summed E-state index contributed by atoms with van der Waals surface area (Å²) in [7, 11) is 0.198. The molecule has 1 fully saturated rings. The van der Waals surface area contributed by atoms with Gasteiger partial charge in [0.1, 0.15) is 0 Å². The molecule has 1 heterocycles. The number of aryl methyl sites for hydroxylation is 1. The highest BCUT2D eigenvalue weighted by Gasteiger charge is 2.41. The first kappa shape index (κ1) is 16.7. The minimum Gasteiger partial charge on any atom is -0.414 e. The van der Waals surface area contributed by atoms with Gasteiger partial charge in [0, 0.05) is 31.0 Å². The van der Waals surface area contributed by atoms with E-state index in [1.54, 1.807) is 6.20 Å². The van der Waals surface area contributed by atoms with Crippen molar-refractivity contribution >= 4 is 8.32 Å². The largest absolute Gasteiger partial charge is 0.414 e. The van der Waals surface area contributed by atoms with Crippen LogP contribution in [0.1, 0.15) is 51.6 Å². The van der Waals surface area contributed by atoms with Crippen molar-refractivity contribution in [2.45, 2.75) is 76.3 Å². The summed E-state index contributed by atoms with van der Waals surface area (Å²) < 4.78 is 8.44. The Morgan fingerprint density at radius 1 is 1.33 bits per heavy atom. The van der Waals surface area contributed by atoms with Crippen LogP contribution in [0, 0.1) is 0 Å². The zero-order chi connectivity index (χ0) is 15.8. The fraction of sp³-hybridized carbons (Fsp3) is 0.812. The first-order chi connectivity index (χ1) is 9.62. The Kier molecular flexibility index (Phi) is 4.66. The molecule has 0 saturated heterocycles. The molecule has 0 aromatic carbocycles. The minimum absolute atomic E-state index is 0.140. The van der Waals surface area contributed by atoms with E-state index in [0.29, 0.717) is 0 Å². The van der Waals surface area contributed by atoms with E-state index in [1.165, 1.54) is 0 Å². The average molecular weight is 311 g/mol. The molecule has 0 bridgehead atoms. The van der Waals surface area contributed by atoms with Crippen molar-refractivity contribution in [3.05, 3.63) is 18.0 Å². The molecule has 1 saturated carbocycles. The van der Waals surface area contributed by atoms with Crippen LogP contribution in [0.4, 0.5) is 0 Å². The number of aliphatic hydroxyl groups excluding tert-OH is 1. The molecule has 1 aromatic heterocycles. The van der Waals surface area contributed by atoms with Gasteiger partial charge in [-0.25, -0.2) is 0 Å². The van der Waals surface area contributed by atoms with Gasteiger partial charge in [-0.2, -0.15) is 5.10 Å². The van der Waals surface area contributed by atoms with Gasteiger partial charge in [-0.1, -0.05) is 20.8 Å². The molecule has 0 amide bonds. The van der Waals surface area contributed by atoms with Crippen molar-refractivity contribution in [1.82, 2.24) is 9.78 Å². The van der Waals surface area contributed by atoms with Crippen LogP contribution in [0.5, 0.6) is 0 Å². The topological polar surface area (TPSA) is 47.3 Å². The first-order valence-corrected chi connectivity index (χ1v) is 10.9. The Morgan fingerprint density at radius 3 is 2.52 bits per heavy atom. The van der Waals surface area contributed by atoms with Crippen LogP contribution in [-0.4, -0.2) is 35.4 Å². The molecule has 2 unspecified atom stereocenters. The molecule has 0 spiro atoms. The van der Waals surface area contributed by atoms with Gasteiger partial charge in [0.2, 0.25) is 0 Å². The molecule has 1 N–H and O–H groups in total. The molecule has 1 aliphatic rings. The summed E-state index contributed by atoms with van der Waals surface area (Å²) in [4.78, 5) is 0.